The Hall–Kier alpha value is -2.86. The quantitative estimate of drug-likeness (QED) is 0.441. The molecule has 1 unspecified atom stereocenters. The van der Waals surface area contributed by atoms with Crippen molar-refractivity contribution in [2.45, 2.75) is 51.2 Å². The lowest BCUT2D eigenvalue weighted by Crippen LogP contribution is -2.45. The van der Waals surface area contributed by atoms with Crippen molar-refractivity contribution in [2.24, 2.45) is 16.6 Å². The van der Waals surface area contributed by atoms with E-state index in [4.69, 9.17) is 17.3 Å². The Morgan fingerprint density at radius 2 is 1.94 bits per heavy atom. The lowest BCUT2D eigenvalue weighted by Gasteiger charge is -2.34. The second-order valence-corrected chi connectivity index (χ2v) is 9.23. The van der Waals surface area contributed by atoms with E-state index in [-0.39, 0.29) is 23.8 Å². The van der Waals surface area contributed by atoms with Crippen LogP contribution in [0.3, 0.4) is 0 Å². The van der Waals surface area contributed by atoms with Crippen LogP contribution in [0.15, 0.2) is 53.5 Å². The number of amides is 2. The van der Waals surface area contributed by atoms with E-state index in [0.29, 0.717) is 23.6 Å². The average Bonchev–Trinajstić information content (AvgIpc) is 3.58. The highest BCUT2D eigenvalue weighted by atomic mass is 35.5. The molecule has 1 atom stereocenters. The zero-order valence-electron chi connectivity index (χ0n) is 18.8. The summed E-state index contributed by atoms with van der Waals surface area (Å²) in [6, 6.07) is 15.0. The minimum atomic E-state index is -1.11. The maximum Gasteiger partial charge on any atom is 0.255 e. The van der Waals surface area contributed by atoms with Crippen molar-refractivity contribution in [3.8, 4) is 0 Å². The van der Waals surface area contributed by atoms with Gasteiger partial charge in [0.05, 0.1) is 16.9 Å². The van der Waals surface area contributed by atoms with Crippen LogP contribution in [0.25, 0.3) is 0 Å². The molecule has 1 saturated carbocycles. The molecule has 1 fully saturated rings. The van der Waals surface area contributed by atoms with E-state index in [1.165, 1.54) is 6.34 Å². The first kappa shape index (κ1) is 23.8. The van der Waals surface area contributed by atoms with Gasteiger partial charge >= 0.3 is 0 Å². The van der Waals surface area contributed by atoms with Gasteiger partial charge in [-0.15, -0.1) is 0 Å². The van der Waals surface area contributed by atoms with Gasteiger partial charge < -0.3 is 16.0 Å². The smallest absolute Gasteiger partial charge is 0.255 e. The van der Waals surface area contributed by atoms with E-state index in [2.05, 4.69) is 24.2 Å². The Morgan fingerprint density at radius 1 is 1.25 bits per heavy atom. The SMILES string of the molecule is CC(C)CC(N=CN)(C(=O)N(C)Cc1ccc(Cl)c(C(=O)NC2CC2)c1)c1ccccc1. The van der Waals surface area contributed by atoms with E-state index >= 15 is 0 Å². The fourth-order valence-corrected chi connectivity index (χ4v) is 4.14. The fraction of sp³-hybridized carbons (Fsp3) is 0.400. The van der Waals surface area contributed by atoms with Crippen LogP contribution in [0.1, 0.15) is 54.6 Å². The third-order valence-corrected chi connectivity index (χ3v) is 5.89. The van der Waals surface area contributed by atoms with E-state index < -0.39 is 5.54 Å². The van der Waals surface area contributed by atoms with Gasteiger partial charge in [0.15, 0.2) is 5.54 Å². The monoisotopic (exact) mass is 454 g/mol. The molecule has 0 heterocycles. The Balaban J connectivity index is 1.88. The Bertz CT molecular complexity index is 989. The molecule has 7 heteroatoms. The van der Waals surface area contributed by atoms with Crippen molar-refractivity contribution in [3.05, 3.63) is 70.2 Å². The van der Waals surface area contributed by atoms with Crippen molar-refractivity contribution in [1.82, 2.24) is 10.2 Å². The molecular weight excluding hydrogens is 424 g/mol. The number of hydrogen-bond acceptors (Lipinski definition) is 3. The summed E-state index contributed by atoms with van der Waals surface area (Å²) in [6.45, 7) is 4.42. The first-order chi connectivity index (χ1) is 15.3. The molecule has 32 heavy (non-hydrogen) atoms. The minimum absolute atomic E-state index is 0.155. The van der Waals surface area contributed by atoms with Crippen molar-refractivity contribution < 1.29 is 9.59 Å². The van der Waals surface area contributed by atoms with Gasteiger partial charge in [-0.25, -0.2) is 0 Å². The molecule has 0 saturated heterocycles. The van der Waals surface area contributed by atoms with Crippen LogP contribution >= 0.6 is 11.6 Å². The largest absolute Gasteiger partial charge is 0.390 e. The number of nitrogens with zero attached hydrogens (tertiary/aromatic N) is 2. The lowest BCUT2D eigenvalue weighted by molar-refractivity contribution is -0.137. The van der Waals surface area contributed by atoms with Crippen molar-refractivity contribution >= 4 is 29.8 Å². The van der Waals surface area contributed by atoms with Crippen LogP contribution < -0.4 is 11.1 Å². The van der Waals surface area contributed by atoms with Crippen molar-refractivity contribution in [3.63, 3.8) is 0 Å². The van der Waals surface area contributed by atoms with Gasteiger partial charge in [-0.2, -0.15) is 0 Å². The highest BCUT2D eigenvalue weighted by Crippen LogP contribution is 2.35. The average molecular weight is 455 g/mol. The van der Waals surface area contributed by atoms with Crippen molar-refractivity contribution in [1.29, 1.82) is 0 Å². The highest BCUT2D eigenvalue weighted by molar-refractivity contribution is 6.33. The van der Waals surface area contributed by atoms with Crippen LogP contribution in [-0.4, -0.2) is 36.1 Å². The number of carbonyl (C=O) groups is 2. The molecule has 3 N–H and O–H groups in total. The normalized spacial score (nSPS) is 15.5. The standard InChI is InChI=1S/C25H31ClN4O2/c1-17(2)14-25(28-16-27,19-7-5-4-6-8-19)24(32)30(3)15-18-9-12-22(26)21(13-18)23(31)29-20-10-11-20/h4-9,12-13,16-17,20H,10-11,14-15H2,1-3H3,(H2,27,28)(H,29,31). The van der Waals surface area contributed by atoms with E-state index in [0.717, 1.165) is 24.0 Å². The zero-order valence-corrected chi connectivity index (χ0v) is 19.6. The number of rotatable bonds is 9. The molecule has 2 aromatic rings. The van der Waals surface area contributed by atoms with Crippen LogP contribution in [0.4, 0.5) is 0 Å². The Morgan fingerprint density at radius 3 is 2.53 bits per heavy atom. The molecule has 0 aliphatic heterocycles. The molecule has 0 bridgehead atoms. The molecule has 2 amide bonds. The number of nitrogens with two attached hydrogens (primary N) is 1. The number of nitrogens with one attached hydrogen (secondary N) is 1. The van der Waals surface area contributed by atoms with Gasteiger partial charge in [0.1, 0.15) is 0 Å². The molecule has 0 spiro atoms. The molecule has 2 aromatic carbocycles. The summed E-state index contributed by atoms with van der Waals surface area (Å²) < 4.78 is 0. The number of benzene rings is 2. The number of carbonyl (C=O) groups excluding carboxylic acids is 2. The summed E-state index contributed by atoms with van der Waals surface area (Å²) in [5.74, 6) is -0.123. The van der Waals surface area contributed by atoms with Crippen LogP contribution in [0.5, 0.6) is 0 Å². The topological polar surface area (TPSA) is 87.8 Å². The maximum atomic E-state index is 13.8. The molecule has 170 valence electrons. The van der Waals surface area contributed by atoms with Gasteiger partial charge in [0, 0.05) is 19.6 Å². The molecule has 1 aliphatic rings. The molecular formula is C25H31ClN4O2. The van der Waals surface area contributed by atoms with E-state index in [1.807, 2.05) is 36.4 Å². The second kappa shape index (κ2) is 10.2. The third kappa shape index (κ3) is 5.49. The van der Waals surface area contributed by atoms with Gasteiger partial charge in [0.25, 0.3) is 11.8 Å². The first-order valence-corrected chi connectivity index (χ1v) is 11.3. The molecule has 0 radical (unpaired) electrons. The predicted octanol–water partition coefficient (Wildman–Crippen LogP) is 4.12. The van der Waals surface area contributed by atoms with Crippen LogP contribution in [-0.2, 0) is 16.9 Å². The highest BCUT2D eigenvalue weighted by Gasteiger charge is 2.42. The Kier molecular flexibility index (Phi) is 7.56. The molecule has 6 nitrogen and oxygen atoms in total. The summed E-state index contributed by atoms with van der Waals surface area (Å²) in [5, 5.41) is 3.36. The fourth-order valence-electron chi connectivity index (χ4n) is 3.94. The molecule has 1 aliphatic carbocycles. The van der Waals surface area contributed by atoms with Gasteiger partial charge in [0.2, 0.25) is 0 Å². The Labute approximate surface area is 194 Å². The van der Waals surface area contributed by atoms with Crippen LogP contribution in [0, 0.1) is 5.92 Å². The first-order valence-electron chi connectivity index (χ1n) is 10.9. The number of halogens is 1. The van der Waals surface area contributed by atoms with E-state index in [9.17, 15) is 9.59 Å². The predicted molar refractivity (Wildman–Crippen MR) is 129 cm³/mol. The maximum absolute atomic E-state index is 13.8. The summed E-state index contributed by atoms with van der Waals surface area (Å²) in [5.41, 5.74) is 6.64. The number of hydrogen-bond donors (Lipinski definition) is 2. The third-order valence-electron chi connectivity index (χ3n) is 5.56. The summed E-state index contributed by atoms with van der Waals surface area (Å²) in [6.07, 6.45) is 3.73. The molecule has 0 aromatic heterocycles. The molecule has 3 rings (SSSR count). The summed E-state index contributed by atoms with van der Waals surface area (Å²) in [4.78, 5) is 32.5. The van der Waals surface area contributed by atoms with Crippen molar-refractivity contribution in [2.75, 3.05) is 7.05 Å². The minimum Gasteiger partial charge on any atom is -0.390 e. The van der Waals surface area contributed by atoms with E-state index in [1.54, 1.807) is 24.1 Å². The van der Waals surface area contributed by atoms with Gasteiger partial charge in [-0.3, -0.25) is 14.6 Å². The van der Waals surface area contributed by atoms with Crippen LogP contribution in [0.2, 0.25) is 5.02 Å². The second-order valence-electron chi connectivity index (χ2n) is 8.83. The summed E-state index contributed by atoms with van der Waals surface area (Å²) in [7, 11) is 1.74. The summed E-state index contributed by atoms with van der Waals surface area (Å²) >= 11 is 6.27. The zero-order chi connectivity index (χ0) is 23.3. The van der Waals surface area contributed by atoms with Gasteiger partial charge in [-0.1, -0.05) is 61.8 Å². The lowest BCUT2D eigenvalue weighted by atomic mass is 9.81. The number of aliphatic imine (C=N–C) groups is 1. The van der Waals surface area contributed by atoms with Gasteiger partial charge in [-0.05, 0) is 48.4 Å². The number of likely N-dealkylation sites (N-methyl/N-ethyl adjacent to an activating group) is 1.